The predicted octanol–water partition coefficient (Wildman–Crippen LogP) is 14.6. The molecule has 11 rings (SSSR count). The molecule has 0 fully saturated rings. The van der Waals surface area contributed by atoms with Crippen LogP contribution in [-0.4, -0.2) is 0 Å². The molecule has 0 amide bonds. The molecule has 0 unspecified atom stereocenters. The highest BCUT2D eigenvalue weighted by Gasteiger charge is 2.21. The van der Waals surface area contributed by atoms with Gasteiger partial charge in [0.2, 0.25) is 0 Å². The van der Waals surface area contributed by atoms with E-state index < -0.39 is 0 Å². The van der Waals surface area contributed by atoms with Crippen LogP contribution in [0.3, 0.4) is 0 Å². The Morgan fingerprint density at radius 3 is 1.68 bits per heavy atom. The fourth-order valence-corrected chi connectivity index (χ4v) is 8.28. The second kappa shape index (κ2) is 11.7. The van der Waals surface area contributed by atoms with E-state index in [1.807, 2.05) is 24.3 Å². The van der Waals surface area contributed by atoms with Gasteiger partial charge in [0.25, 0.3) is 0 Å². The topological polar surface area (TPSA) is 29.5 Å². The van der Waals surface area contributed by atoms with Gasteiger partial charge in [0.15, 0.2) is 0 Å². The fraction of sp³-hybridized carbons (Fsp3) is 0. The minimum Gasteiger partial charge on any atom is -0.456 e. The first-order valence-corrected chi connectivity index (χ1v) is 18.0. The maximum atomic E-state index is 6.41. The number of benzene rings is 9. The van der Waals surface area contributed by atoms with Crippen molar-refractivity contribution in [2.45, 2.75) is 0 Å². The van der Waals surface area contributed by atoms with Gasteiger partial charge in [-0.3, -0.25) is 0 Å². The molecule has 0 aliphatic heterocycles. The summed E-state index contributed by atoms with van der Waals surface area (Å²) >= 11 is 0. The van der Waals surface area contributed by atoms with E-state index in [1.54, 1.807) is 0 Å². The Bertz CT molecular complexity index is 3180. The summed E-state index contributed by atoms with van der Waals surface area (Å²) in [6, 6.07) is 66.8. The molecule has 0 aliphatic rings. The molecule has 11 aromatic rings. The van der Waals surface area contributed by atoms with Crippen LogP contribution in [0.4, 0.5) is 17.1 Å². The first kappa shape index (κ1) is 29.6. The maximum Gasteiger partial charge on any atom is 0.137 e. The van der Waals surface area contributed by atoms with Crippen molar-refractivity contribution in [3.63, 3.8) is 0 Å². The molecule has 0 N–H and O–H groups in total. The SMILES string of the molecule is c1cc(-c2cc3ccccc3c3ccccc23)cc(N(c2ccc(-c3cccc4oc5ccccc5c34)cc2)c2cccc3oc4ccccc4c23)c1. The van der Waals surface area contributed by atoms with Crippen LogP contribution in [-0.2, 0) is 0 Å². The summed E-state index contributed by atoms with van der Waals surface area (Å²) in [4.78, 5) is 2.37. The van der Waals surface area contributed by atoms with Gasteiger partial charge in [0.1, 0.15) is 22.3 Å². The largest absolute Gasteiger partial charge is 0.456 e. The van der Waals surface area contributed by atoms with Crippen molar-refractivity contribution in [2.75, 3.05) is 4.90 Å². The summed E-state index contributed by atoms with van der Waals surface area (Å²) in [7, 11) is 0. The average molecular weight is 678 g/mol. The normalized spacial score (nSPS) is 11.8. The van der Waals surface area contributed by atoms with E-state index in [0.29, 0.717) is 0 Å². The molecule has 2 heterocycles. The van der Waals surface area contributed by atoms with Crippen molar-refractivity contribution >= 4 is 82.5 Å². The molecule has 0 spiro atoms. The van der Waals surface area contributed by atoms with Gasteiger partial charge in [-0.2, -0.15) is 0 Å². The molecule has 248 valence electrons. The first-order chi connectivity index (χ1) is 26.3. The number of nitrogens with zero attached hydrogens (tertiary/aromatic N) is 1. The van der Waals surface area contributed by atoms with Crippen LogP contribution < -0.4 is 4.90 Å². The monoisotopic (exact) mass is 677 g/mol. The Morgan fingerprint density at radius 1 is 0.321 bits per heavy atom. The summed E-state index contributed by atoms with van der Waals surface area (Å²) in [5, 5.41) is 9.43. The summed E-state index contributed by atoms with van der Waals surface area (Å²) in [5.41, 5.74) is 11.4. The number of hydrogen-bond donors (Lipinski definition) is 0. The van der Waals surface area contributed by atoms with Gasteiger partial charge in [0.05, 0.1) is 11.1 Å². The van der Waals surface area contributed by atoms with E-state index in [2.05, 4.69) is 169 Å². The van der Waals surface area contributed by atoms with Crippen molar-refractivity contribution in [1.82, 2.24) is 0 Å². The van der Waals surface area contributed by atoms with E-state index in [4.69, 9.17) is 8.83 Å². The van der Waals surface area contributed by atoms with Crippen LogP contribution in [0.1, 0.15) is 0 Å². The second-order valence-electron chi connectivity index (χ2n) is 13.6. The second-order valence-corrected chi connectivity index (χ2v) is 13.6. The lowest BCUT2D eigenvalue weighted by Crippen LogP contribution is -2.10. The average Bonchev–Trinajstić information content (AvgIpc) is 3.80. The third kappa shape index (κ3) is 4.68. The smallest absolute Gasteiger partial charge is 0.137 e. The fourth-order valence-electron chi connectivity index (χ4n) is 8.28. The number of anilines is 3. The van der Waals surface area contributed by atoms with Gasteiger partial charge in [-0.25, -0.2) is 0 Å². The summed E-state index contributed by atoms with van der Waals surface area (Å²) < 4.78 is 12.6. The van der Waals surface area contributed by atoms with Gasteiger partial charge in [0, 0.05) is 27.5 Å². The highest BCUT2D eigenvalue weighted by atomic mass is 16.3. The molecule has 53 heavy (non-hydrogen) atoms. The maximum absolute atomic E-state index is 6.41. The Hall–Kier alpha value is -7.10. The van der Waals surface area contributed by atoms with Crippen LogP contribution in [0.2, 0.25) is 0 Å². The highest BCUT2D eigenvalue weighted by Crippen LogP contribution is 2.45. The lowest BCUT2D eigenvalue weighted by molar-refractivity contribution is 0.668. The zero-order chi connectivity index (χ0) is 34.9. The van der Waals surface area contributed by atoms with Gasteiger partial charge < -0.3 is 13.7 Å². The molecule has 0 radical (unpaired) electrons. The Balaban J connectivity index is 1.12. The minimum absolute atomic E-state index is 0.862. The summed E-state index contributed by atoms with van der Waals surface area (Å²) in [6.07, 6.45) is 0. The van der Waals surface area contributed by atoms with E-state index in [-0.39, 0.29) is 0 Å². The minimum atomic E-state index is 0.862. The lowest BCUT2D eigenvalue weighted by Gasteiger charge is -2.27. The van der Waals surface area contributed by atoms with Crippen molar-refractivity contribution < 1.29 is 8.83 Å². The molecular weight excluding hydrogens is 647 g/mol. The third-order valence-electron chi connectivity index (χ3n) is 10.6. The van der Waals surface area contributed by atoms with Crippen LogP contribution in [0.15, 0.2) is 197 Å². The Labute approximate surface area is 305 Å². The number of furan rings is 2. The van der Waals surface area contributed by atoms with Crippen molar-refractivity contribution in [1.29, 1.82) is 0 Å². The Morgan fingerprint density at radius 2 is 0.906 bits per heavy atom. The Kier molecular flexibility index (Phi) is 6.55. The lowest BCUT2D eigenvalue weighted by atomic mass is 9.93. The summed E-state index contributed by atoms with van der Waals surface area (Å²) in [6.45, 7) is 0. The van der Waals surface area contributed by atoms with Crippen molar-refractivity contribution in [2.24, 2.45) is 0 Å². The van der Waals surface area contributed by atoms with Crippen LogP contribution >= 0.6 is 0 Å². The van der Waals surface area contributed by atoms with E-state index in [9.17, 15) is 0 Å². The molecule has 0 bridgehead atoms. The molecular formula is C50H31NO2. The predicted molar refractivity (Wildman–Crippen MR) is 222 cm³/mol. The molecule has 2 aromatic heterocycles. The van der Waals surface area contributed by atoms with Crippen LogP contribution in [0.5, 0.6) is 0 Å². The zero-order valence-corrected chi connectivity index (χ0v) is 28.7. The van der Waals surface area contributed by atoms with Gasteiger partial charge in [-0.15, -0.1) is 0 Å². The molecule has 0 saturated carbocycles. The highest BCUT2D eigenvalue weighted by molar-refractivity contribution is 6.16. The van der Waals surface area contributed by atoms with Crippen molar-refractivity contribution in [3.05, 3.63) is 188 Å². The van der Waals surface area contributed by atoms with E-state index in [0.717, 1.165) is 77.6 Å². The molecule has 9 aromatic carbocycles. The van der Waals surface area contributed by atoms with Gasteiger partial charge in [-0.05, 0) is 104 Å². The first-order valence-electron chi connectivity index (χ1n) is 18.0. The molecule has 0 atom stereocenters. The number of hydrogen-bond acceptors (Lipinski definition) is 3. The van der Waals surface area contributed by atoms with Crippen LogP contribution in [0.25, 0.3) is 87.7 Å². The quantitative estimate of drug-likeness (QED) is 0.170. The molecule has 0 saturated heterocycles. The zero-order valence-electron chi connectivity index (χ0n) is 28.7. The van der Waals surface area contributed by atoms with E-state index in [1.165, 1.54) is 27.1 Å². The molecule has 0 aliphatic carbocycles. The third-order valence-corrected chi connectivity index (χ3v) is 10.6. The van der Waals surface area contributed by atoms with E-state index >= 15 is 0 Å². The van der Waals surface area contributed by atoms with Gasteiger partial charge >= 0.3 is 0 Å². The molecule has 3 nitrogen and oxygen atoms in total. The summed E-state index contributed by atoms with van der Waals surface area (Å²) in [5.74, 6) is 0. The number of rotatable bonds is 5. The number of fused-ring (bicyclic) bond motifs is 9. The standard InChI is InChI=1S/C50H31NO2/c1-2-15-37-34(12-1)31-43(40-17-4-3-16-39(37)40)33-13-9-14-36(30-33)51(44-21-11-25-48-50(44)42-19-6-8-23-46(42)53-48)35-28-26-32(27-29-35)38-20-10-24-47-49(38)41-18-5-7-22-45(41)52-47/h1-31H. The van der Waals surface area contributed by atoms with Crippen LogP contribution in [0, 0.1) is 0 Å². The number of para-hydroxylation sites is 2. The molecule has 3 heteroatoms. The van der Waals surface area contributed by atoms with Crippen molar-refractivity contribution in [3.8, 4) is 22.3 Å². The van der Waals surface area contributed by atoms with Gasteiger partial charge in [-0.1, -0.05) is 127 Å².